The van der Waals surface area contributed by atoms with Gasteiger partial charge in [0.15, 0.2) is 0 Å². The van der Waals surface area contributed by atoms with Crippen LogP contribution < -0.4 is 19.2 Å². The third kappa shape index (κ3) is 4.11. The molecule has 0 unspecified atom stereocenters. The van der Waals surface area contributed by atoms with E-state index in [1.54, 1.807) is 0 Å². The summed E-state index contributed by atoms with van der Waals surface area (Å²) < 4.78 is 10.1. The average Bonchev–Trinajstić information content (AvgIpc) is 2.46. The van der Waals surface area contributed by atoms with Crippen LogP contribution in [0.5, 0.6) is 5.75 Å². The number of rotatable bonds is 11. The topological polar surface area (TPSA) is 43.4 Å². The normalized spacial score (nSPS) is 12.0. The Morgan fingerprint density at radius 3 is 1.76 bits per heavy atom. The summed E-state index contributed by atoms with van der Waals surface area (Å²) in [6, 6.07) is 0. The summed E-state index contributed by atoms with van der Waals surface area (Å²) >= 11 is -2.73. The maximum absolute atomic E-state index is 12.2. The number of hydrogen-bond acceptors (Lipinski definition) is 3. The molecule has 1 aromatic rings. The van der Waals surface area contributed by atoms with Crippen LogP contribution in [0.15, 0.2) is 9.59 Å². The molecule has 0 heterocycles. The van der Waals surface area contributed by atoms with Gasteiger partial charge in [0.25, 0.3) is 0 Å². The molecule has 0 aromatic heterocycles. The SMILES string of the molecule is CCCCOc1[c]([Sn]([CH2]CC)([CH2]CC)[CH2]CC)c(=O)c1=O. The molecule has 21 heavy (non-hydrogen) atoms. The van der Waals surface area contributed by atoms with Crippen LogP contribution in [0.3, 0.4) is 0 Å². The van der Waals surface area contributed by atoms with Crippen LogP contribution in [-0.4, -0.2) is 25.0 Å². The monoisotopic (exact) mass is 402 g/mol. The molecule has 0 saturated heterocycles. The zero-order valence-electron chi connectivity index (χ0n) is 14.1. The van der Waals surface area contributed by atoms with Gasteiger partial charge in [-0.1, -0.05) is 0 Å². The molecule has 0 bridgehead atoms. The first-order valence-corrected chi connectivity index (χ1v) is 16.0. The molecular formula is C17H30O3Sn. The van der Waals surface area contributed by atoms with Gasteiger partial charge in [0.1, 0.15) is 0 Å². The van der Waals surface area contributed by atoms with Crippen LogP contribution in [0.1, 0.15) is 59.8 Å². The summed E-state index contributed by atoms with van der Waals surface area (Å²) in [5, 5.41) is 0. The molecule has 0 saturated carbocycles. The maximum atomic E-state index is 12.2. The second-order valence-electron chi connectivity index (χ2n) is 6.09. The third-order valence-corrected chi connectivity index (χ3v) is 21.1. The molecule has 1 aromatic carbocycles. The molecule has 0 spiro atoms. The van der Waals surface area contributed by atoms with Crippen LogP contribution in [0.4, 0.5) is 0 Å². The number of unbranched alkanes of at least 4 members (excludes halogenated alkanes) is 1. The molecule has 0 fully saturated rings. The zero-order valence-corrected chi connectivity index (χ0v) is 16.9. The van der Waals surface area contributed by atoms with Crippen molar-refractivity contribution in [3.05, 3.63) is 20.4 Å². The molecule has 0 radical (unpaired) electrons. The second-order valence-corrected chi connectivity index (χ2v) is 19.1. The first kappa shape index (κ1) is 18.7. The van der Waals surface area contributed by atoms with Gasteiger partial charge in [0.05, 0.1) is 0 Å². The Balaban J connectivity index is 3.14. The van der Waals surface area contributed by atoms with Crippen LogP contribution in [0.2, 0.25) is 13.3 Å². The minimum absolute atomic E-state index is 0.201. The Morgan fingerprint density at radius 1 is 0.810 bits per heavy atom. The summed E-state index contributed by atoms with van der Waals surface area (Å²) in [4.78, 5) is 24.2. The molecule has 0 aliphatic carbocycles. The summed E-state index contributed by atoms with van der Waals surface area (Å²) in [6.07, 6.45) is 5.32. The molecule has 0 aliphatic heterocycles. The van der Waals surface area contributed by atoms with Gasteiger partial charge in [0.2, 0.25) is 0 Å². The van der Waals surface area contributed by atoms with E-state index in [1.807, 2.05) is 0 Å². The van der Waals surface area contributed by atoms with E-state index in [0.717, 1.165) is 35.7 Å². The number of hydrogen-bond donors (Lipinski definition) is 0. The van der Waals surface area contributed by atoms with Crippen LogP contribution in [0.25, 0.3) is 0 Å². The van der Waals surface area contributed by atoms with E-state index >= 15 is 0 Å². The van der Waals surface area contributed by atoms with Crippen molar-refractivity contribution in [2.75, 3.05) is 6.61 Å². The van der Waals surface area contributed by atoms with Crippen LogP contribution in [0, 0.1) is 0 Å². The van der Waals surface area contributed by atoms with Crippen molar-refractivity contribution < 1.29 is 4.74 Å². The van der Waals surface area contributed by atoms with Crippen LogP contribution >= 0.6 is 0 Å². The first-order valence-electron chi connectivity index (χ1n) is 8.54. The van der Waals surface area contributed by atoms with Crippen molar-refractivity contribution in [3.8, 4) is 5.75 Å². The molecule has 1 rings (SSSR count). The summed E-state index contributed by atoms with van der Waals surface area (Å²) in [5.74, 6) is 0.472. The summed E-state index contributed by atoms with van der Waals surface area (Å²) in [6.45, 7) is 9.25. The van der Waals surface area contributed by atoms with Gasteiger partial charge in [-0.2, -0.15) is 0 Å². The van der Waals surface area contributed by atoms with Crippen molar-refractivity contribution in [1.82, 2.24) is 0 Å². The van der Waals surface area contributed by atoms with E-state index in [2.05, 4.69) is 27.7 Å². The second kappa shape index (κ2) is 8.96. The van der Waals surface area contributed by atoms with Crippen molar-refractivity contribution in [3.63, 3.8) is 0 Å². The van der Waals surface area contributed by atoms with E-state index in [1.165, 1.54) is 13.3 Å². The fourth-order valence-electron chi connectivity index (χ4n) is 3.49. The van der Waals surface area contributed by atoms with Gasteiger partial charge in [-0.05, 0) is 0 Å². The molecule has 0 aliphatic rings. The fraction of sp³-hybridized carbons (Fsp3) is 0.765. The molecule has 0 N–H and O–H groups in total. The predicted molar refractivity (Wildman–Crippen MR) is 92.4 cm³/mol. The standard InChI is InChI=1S/C8H9O3.3C3H7.Sn/c1-2-3-4-11-7-5-6(9)8(7)10;3*1-3-2;/h2-4H2,1H3;3*1,3H2,2H3;. The predicted octanol–water partition coefficient (Wildman–Crippen LogP) is 3.35. The fourth-order valence-corrected chi connectivity index (χ4v) is 19.6. The van der Waals surface area contributed by atoms with Crippen LogP contribution in [-0.2, 0) is 0 Å². The van der Waals surface area contributed by atoms with Gasteiger partial charge in [-0.15, -0.1) is 0 Å². The van der Waals surface area contributed by atoms with Gasteiger partial charge in [0, 0.05) is 0 Å². The minimum atomic E-state index is -2.73. The van der Waals surface area contributed by atoms with Gasteiger partial charge in [-0.25, -0.2) is 0 Å². The Hall–Kier alpha value is -0.321. The van der Waals surface area contributed by atoms with Crippen molar-refractivity contribution >= 4 is 22.0 Å². The van der Waals surface area contributed by atoms with Gasteiger partial charge in [-0.3, -0.25) is 0 Å². The van der Waals surface area contributed by atoms with E-state index < -0.39 is 18.4 Å². The van der Waals surface area contributed by atoms with Crippen molar-refractivity contribution in [2.24, 2.45) is 0 Å². The quantitative estimate of drug-likeness (QED) is 0.325. The molecule has 3 nitrogen and oxygen atoms in total. The zero-order chi connectivity index (χ0) is 15.9. The summed E-state index contributed by atoms with van der Waals surface area (Å²) in [7, 11) is 0. The molecule has 120 valence electrons. The Morgan fingerprint density at radius 2 is 1.33 bits per heavy atom. The third-order valence-electron chi connectivity index (χ3n) is 4.33. The Kier molecular flexibility index (Phi) is 7.99. The Labute approximate surface area is 132 Å². The van der Waals surface area contributed by atoms with Crippen molar-refractivity contribution in [1.29, 1.82) is 0 Å². The molecule has 0 atom stereocenters. The van der Waals surface area contributed by atoms with Crippen molar-refractivity contribution in [2.45, 2.75) is 73.1 Å². The molecule has 0 amide bonds. The van der Waals surface area contributed by atoms with Gasteiger partial charge >= 0.3 is 133 Å². The summed E-state index contributed by atoms with van der Waals surface area (Å²) in [5.41, 5.74) is -0.557. The van der Waals surface area contributed by atoms with E-state index in [9.17, 15) is 9.59 Å². The molecular weight excluding hydrogens is 371 g/mol. The number of ether oxygens (including phenoxy) is 1. The average molecular weight is 401 g/mol. The van der Waals surface area contributed by atoms with E-state index in [4.69, 9.17) is 4.74 Å². The first-order chi connectivity index (χ1) is 10.1. The van der Waals surface area contributed by atoms with Gasteiger partial charge < -0.3 is 0 Å². The Bertz CT molecular complexity index is 483. The molecule has 4 heteroatoms. The van der Waals surface area contributed by atoms with E-state index in [-0.39, 0.29) is 10.9 Å². The van der Waals surface area contributed by atoms with E-state index in [0.29, 0.717) is 12.4 Å².